The summed E-state index contributed by atoms with van der Waals surface area (Å²) in [6.07, 6.45) is 1.65. The number of hydrogen-bond acceptors (Lipinski definition) is 7. The van der Waals surface area contributed by atoms with E-state index in [2.05, 4.69) is 19.9 Å². The summed E-state index contributed by atoms with van der Waals surface area (Å²) in [7, 11) is 2.86. The molecule has 2 aromatic heterocycles. The molecule has 0 fully saturated rings. The molecule has 0 saturated heterocycles. The van der Waals surface area contributed by atoms with Crippen LogP contribution in [0, 0.1) is 0 Å². The van der Waals surface area contributed by atoms with E-state index in [-0.39, 0.29) is 18.7 Å². The fourth-order valence-corrected chi connectivity index (χ4v) is 2.71. The number of methoxy groups -OCH3 is 1. The number of carbonyl (C=O) groups excluding carboxylic acids is 2. The van der Waals surface area contributed by atoms with Crippen molar-refractivity contribution in [2.75, 3.05) is 19.1 Å². The van der Waals surface area contributed by atoms with E-state index < -0.39 is 5.97 Å². The number of aromatic nitrogens is 3. The third-order valence-electron chi connectivity index (χ3n) is 2.84. The van der Waals surface area contributed by atoms with Crippen LogP contribution < -0.4 is 4.90 Å². The van der Waals surface area contributed by atoms with Crippen molar-refractivity contribution < 1.29 is 14.3 Å². The van der Waals surface area contributed by atoms with Crippen LogP contribution in [0.2, 0.25) is 5.15 Å². The molecule has 0 spiro atoms. The average Bonchev–Trinajstić information content (AvgIpc) is 3.01. The Labute approximate surface area is 135 Å². The zero-order valence-corrected chi connectivity index (χ0v) is 13.5. The van der Waals surface area contributed by atoms with Crippen LogP contribution in [0.15, 0.2) is 18.3 Å². The van der Waals surface area contributed by atoms with E-state index >= 15 is 0 Å². The molecule has 0 aliphatic rings. The van der Waals surface area contributed by atoms with Crippen LogP contribution in [0.25, 0.3) is 10.6 Å². The van der Waals surface area contributed by atoms with E-state index in [0.29, 0.717) is 20.9 Å². The first kappa shape index (κ1) is 16.3. The van der Waals surface area contributed by atoms with Crippen molar-refractivity contribution in [3.05, 3.63) is 23.5 Å². The summed E-state index contributed by atoms with van der Waals surface area (Å²) in [5.41, 5.74) is 0.656. The minimum Gasteiger partial charge on any atom is -0.469 e. The smallest absolute Gasteiger partial charge is 0.306 e. The van der Waals surface area contributed by atoms with Crippen LogP contribution in [-0.2, 0) is 14.3 Å². The zero-order chi connectivity index (χ0) is 16.1. The first-order valence-electron chi connectivity index (χ1n) is 6.30. The van der Waals surface area contributed by atoms with Gasteiger partial charge in [0, 0.05) is 25.2 Å². The molecule has 0 bridgehead atoms. The monoisotopic (exact) mass is 340 g/mol. The molecule has 2 rings (SSSR count). The maximum atomic E-state index is 12.0. The van der Waals surface area contributed by atoms with Crippen LogP contribution in [-0.4, -0.2) is 41.2 Å². The maximum absolute atomic E-state index is 12.0. The third-order valence-corrected chi connectivity index (χ3v) is 4.17. The molecule has 0 N–H and O–H groups in total. The van der Waals surface area contributed by atoms with Crippen LogP contribution in [0.4, 0.5) is 5.13 Å². The SMILES string of the molecule is COC(=O)CCC(=O)N(C)c1nnc(-c2cccnc2Cl)s1. The highest BCUT2D eigenvalue weighted by molar-refractivity contribution is 7.18. The summed E-state index contributed by atoms with van der Waals surface area (Å²) in [4.78, 5) is 28.4. The second-order valence-electron chi connectivity index (χ2n) is 4.26. The van der Waals surface area contributed by atoms with Gasteiger partial charge in [-0.3, -0.25) is 14.5 Å². The number of pyridine rings is 1. The highest BCUT2D eigenvalue weighted by atomic mass is 35.5. The van der Waals surface area contributed by atoms with Gasteiger partial charge in [0.05, 0.1) is 13.5 Å². The first-order valence-corrected chi connectivity index (χ1v) is 7.50. The molecule has 0 saturated carbocycles. The van der Waals surface area contributed by atoms with Gasteiger partial charge >= 0.3 is 5.97 Å². The van der Waals surface area contributed by atoms with Crippen LogP contribution in [0.1, 0.15) is 12.8 Å². The lowest BCUT2D eigenvalue weighted by Gasteiger charge is -2.12. The van der Waals surface area contributed by atoms with Gasteiger partial charge in [-0.15, -0.1) is 10.2 Å². The average molecular weight is 341 g/mol. The summed E-state index contributed by atoms with van der Waals surface area (Å²) >= 11 is 7.23. The molecule has 2 heterocycles. The van der Waals surface area contributed by atoms with Crippen molar-refractivity contribution in [2.24, 2.45) is 0 Å². The van der Waals surface area contributed by atoms with Gasteiger partial charge in [-0.05, 0) is 12.1 Å². The van der Waals surface area contributed by atoms with Gasteiger partial charge < -0.3 is 4.74 Å². The number of ether oxygens (including phenoxy) is 1. The van der Waals surface area contributed by atoms with Gasteiger partial charge in [-0.1, -0.05) is 22.9 Å². The molecule has 0 atom stereocenters. The Kier molecular flexibility index (Phi) is 5.40. The molecular weight excluding hydrogens is 328 g/mol. The van der Waals surface area contributed by atoms with Crippen LogP contribution >= 0.6 is 22.9 Å². The minimum absolute atomic E-state index is 0.0275. The number of rotatable bonds is 5. The van der Waals surface area contributed by atoms with E-state index in [0.717, 1.165) is 0 Å². The predicted octanol–water partition coefficient (Wildman–Crippen LogP) is 2.17. The second kappa shape index (κ2) is 7.28. The van der Waals surface area contributed by atoms with Gasteiger partial charge in [-0.25, -0.2) is 4.98 Å². The fourth-order valence-electron chi connectivity index (χ4n) is 1.59. The van der Waals surface area contributed by atoms with E-state index in [1.165, 1.54) is 23.3 Å². The van der Waals surface area contributed by atoms with E-state index in [9.17, 15) is 9.59 Å². The number of carbonyl (C=O) groups is 2. The van der Waals surface area contributed by atoms with Crippen molar-refractivity contribution in [1.82, 2.24) is 15.2 Å². The van der Waals surface area contributed by atoms with E-state index in [4.69, 9.17) is 11.6 Å². The van der Waals surface area contributed by atoms with Crippen molar-refractivity contribution in [3.63, 3.8) is 0 Å². The van der Waals surface area contributed by atoms with Crippen molar-refractivity contribution in [2.45, 2.75) is 12.8 Å². The topological polar surface area (TPSA) is 85.3 Å². The lowest BCUT2D eigenvalue weighted by molar-refractivity contribution is -0.141. The normalized spacial score (nSPS) is 10.3. The third kappa shape index (κ3) is 3.77. The highest BCUT2D eigenvalue weighted by Gasteiger charge is 2.18. The lowest BCUT2D eigenvalue weighted by Crippen LogP contribution is -2.26. The minimum atomic E-state index is -0.429. The van der Waals surface area contributed by atoms with E-state index in [1.54, 1.807) is 25.4 Å². The summed E-state index contributed by atoms with van der Waals surface area (Å²) < 4.78 is 4.50. The summed E-state index contributed by atoms with van der Waals surface area (Å²) in [5, 5.41) is 9.31. The molecule has 22 heavy (non-hydrogen) atoms. The largest absolute Gasteiger partial charge is 0.469 e. The van der Waals surface area contributed by atoms with Crippen LogP contribution in [0.5, 0.6) is 0 Å². The van der Waals surface area contributed by atoms with Crippen molar-refractivity contribution in [3.8, 4) is 10.6 Å². The molecule has 1 amide bonds. The molecule has 0 aliphatic heterocycles. The Bertz CT molecular complexity index is 691. The Balaban J connectivity index is 2.09. The molecule has 0 unspecified atom stereocenters. The summed E-state index contributed by atoms with van der Waals surface area (Å²) in [6, 6.07) is 3.52. The fraction of sp³-hybridized carbons (Fsp3) is 0.308. The standard InChI is InChI=1S/C13H13ClN4O3S/c1-18(9(19)5-6-10(20)21-2)13-17-16-12(22-13)8-4-3-7-15-11(8)14/h3-4,7H,5-6H2,1-2H3. The van der Waals surface area contributed by atoms with Gasteiger partial charge in [0.25, 0.3) is 0 Å². The molecule has 116 valence electrons. The Morgan fingerprint density at radius 2 is 2.14 bits per heavy atom. The molecule has 0 aromatic carbocycles. The number of anilines is 1. The van der Waals surface area contributed by atoms with Gasteiger partial charge in [0.15, 0.2) is 5.01 Å². The van der Waals surface area contributed by atoms with E-state index in [1.807, 2.05) is 0 Å². The Morgan fingerprint density at radius 1 is 1.36 bits per heavy atom. The van der Waals surface area contributed by atoms with Gasteiger partial charge in [-0.2, -0.15) is 0 Å². The molecule has 7 nitrogen and oxygen atoms in total. The second-order valence-corrected chi connectivity index (χ2v) is 5.57. The van der Waals surface area contributed by atoms with Crippen molar-refractivity contribution in [1.29, 1.82) is 0 Å². The predicted molar refractivity (Wildman–Crippen MR) is 82.8 cm³/mol. The number of amides is 1. The molecule has 0 aliphatic carbocycles. The molecule has 0 radical (unpaired) electrons. The van der Waals surface area contributed by atoms with Gasteiger partial charge in [0.2, 0.25) is 11.0 Å². The van der Waals surface area contributed by atoms with Gasteiger partial charge in [0.1, 0.15) is 5.15 Å². The number of nitrogens with zero attached hydrogens (tertiary/aromatic N) is 4. The lowest BCUT2D eigenvalue weighted by atomic mass is 10.3. The summed E-state index contributed by atoms with van der Waals surface area (Å²) in [5.74, 6) is -0.674. The molecular formula is C13H13ClN4O3S. The Hall–Kier alpha value is -2.06. The number of esters is 1. The number of hydrogen-bond donors (Lipinski definition) is 0. The first-order chi connectivity index (χ1) is 10.5. The molecule has 9 heteroatoms. The molecule has 2 aromatic rings. The van der Waals surface area contributed by atoms with Crippen LogP contribution in [0.3, 0.4) is 0 Å². The number of halogens is 1. The quantitative estimate of drug-likeness (QED) is 0.612. The summed E-state index contributed by atoms with van der Waals surface area (Å²) in [6.45, 7) is 0. The Morgan fingerprint density at radius 3 is 2.82 bits per heavy atom. The van der Waals surface area contributed by atoms with Crippen molar-refractivity contribution >= 4 is 39.9 Å². The highest BCUT2D eigenvalue weighted by Crippen LogP contribution is 2.31. The zero-order valence-electron chi connectivity index (χ0n) is 11.9. The maximum Gasteiger partial charge on any atom is 0.306 e.